The zero-order valence-electron chi connectivity index (χ0n) is 13.5. The number of hydrogen-bond acceptors (Lipinski definition) is 3. The number of urea groups is 1. The van der Waals surface area contributed by atoms with Crippen LogP contribution in [0, 0.1) is 5.82 Å². The number of amides is 2. The van der Waals surface area contributed by atoms with E-state index in [9.17, 15) is 14.3 Å². The number of anilines is 1. The summed E-state index contributed by atoms with van der Waals surface area (Å²) >= 11 is 0. The van der Waals surface area contributed by atoms with Crippen LogP contribution in [0.2, 0.25) is 0 Å². The first-order valence-corrected chi connectivity index (χ1v) is 7.68. The van der Waals surface area contributed by atoms with Gasteiger partial charge in [-0.1, -0.05) is 30.3 Å². The molecule has 2 amide bonds. The molecule has 6 heteroatoms. The van der Waals surface area contributed by atoms with Crippen LogP contribution in [0.4, 0.5) is 14.9 Å². The predicted octanol–water partition coefficient (Wildman–Crippen LogP) is 3.12. The number of rotatable bonds is 7. The van der Waals surface area contributed by atoms with Gasteiger partial charge in [-0.05, 0) is 24.1 Å². The molecule has 0 aromatic heterocycles. The van der Waals surface area contributed by atoms with Gasteiger partial charge >= 0.3 is 6.03 Å². The van der Waals surface area contributed by atoms with Gasteiger partial charge in [0.2, 0.25) is 0 Å². The maximum atomic E-state index is 13.2. The minimum atomic E-state index is -0.440. The van der Waals surface area contributed by atoms with Crippen molar-refractivity contribution in [3.63, 3.8) is 0 Å². The maximum absolute atomic E-state index is 13.2. The molecule has 2 aromatic carbocycles. The van der Waals surface area contributed by atoms with Crippen molar-refractivity contribution in [1.82, 2.24) is 5.32 Å². The van der Waals surface area contributed by atoms with Crippen LogP contribution in [0.5, 0.6) is 5.75 Å². The van der Waals surface area contributed by atoms with Crippen LogP contribution in [0.15, 0.2) is 48.5 Å². The SMILES string of the molecule is COc1cc(F)ccc1NC(=O)NCC(CCO)c1ccccc1. The number of aliphatic hydroxyl groups is 1. The molecule has 0 aliphatic heterocycles. The molecule has 24 heavy (non-hydrogen) atoms. The molecule has 0 radical (unpaired) electrons. The lowest BCUT2D eigenvalue weighted by Gasteiger charge is -2.18. The standard InChI is InChI=1S/C18H21FN2O3/c1-24-17-11-15(19)7-8-16(17)21-18(23)20-12-14(9-10-22)13-5-3-2-4-6-13/h2-8,11,14,22H,9-10,12H2,1H3,(H2,20,21,23). The molecule has 0 saturated heterocycles. The molecule has 0 saturated carbocycles. The van der Waals surface area contributed by atoms with E-state index in [4.69, 9.17) is 4.74 Å². The third-order valence-electron chi connectivity index (χ3n) is 3.67. The zero-order valence-corrected chi connectivity index (χ0v) is 13.5. The zero-order chi connectivity index (χ0) is 17.4. The number of hydrogen-bond donors (Lipinski definition) is 3. The van der Waals surface area contributed by atoms with Crippen LogP contribution in [0.1, 0.15) is 17.9 Å². The summed E-state index contributed by atoms with van der Waals surface area (Å²) in [5.74, 6) is -0.179. The van der Waals surface area contributed by atoms with Crippen LogP contribution >= 0.6 is 0 Å². The largest absolute Gasteiger partial charge is 0.494 e. The summed E-state index contributed by atoms with van der Waals surface area (Å²) in [6, 6.07) is 13.2. The molecular weight excluding hydrogens is 311 g/mol. The highest BCUT2D eigenvalue weighted by Crippen LogP contribution is 2.25. The second kappa shape index (κ2) is 8.88. The van der Waals surface area contributed by atoms with Crippen molar-refractivity contribution < 1.29 is 19.0 Å². The van der Waals surface area contributed by atoms with Gasteiger partial charge in [-0.2, -0.15) is 0 Å². The fourth-order valence-electron chi connectivity index (χ4n) is 2.42. The Morgan fingerprint density at radius 1 is 1.25 bits per heavy atom. The van der Waals surface area contributed by atoms with E-state index < -0.39 is 11.8 Å². The summed E-state index contributed by atoms with van der Waals surface area (Å²) in [6.07, 6.45) is 0.546. The van der Waals surface area contributed by atoms with E-state index in [1.807, 2.05) is 30.3 Å². The Morgan fingerprint density at radius 2 is 2.00 bits per heavy atom. The number of benzene rings is 2. The van der Waals surface area contributed by atoms with E-state index >= 15 is 0 Å². The van der Waals surface area contributed by atoms with E-state index in [0.29, 0.717) is 18.7 Å². The van der Waals surface area contributed by atoms with Crippen LogP contribution in [0.25, 0.3) is 0 Å². The first-order valence-electron chi connectivity index (χ1n) is 7.68. The summed E-state index contributed by atoms with van der Waals surface area (Å²) in [4.78, 5) is 12.1. The lowest BCUT2D eigenvalue weighted by molar-refractivity contribution is 0.248. The van der Waals surface area contributed by atoms with Gasteiger partial charge in [-0.3, -0.25) is 0 Å². The molecule has 1 atom stereocenters. The van der Waals surface area contributed by atoms with Gasteiger partial charge in [-0.15, -0.1) is 0 Å². The Hall–Kier alpha value is -2.60. The molecule has 0 heterocycles. The van der Waals surface area contributed by atoms with Gasteiger partial charge in [0.25, 0.3) is 0 Å². The number of ether oxygens (including phenoxy) is 1. The van der Waals surface area contributed by atoms with Crippen LogP contribution in [-0.4, -0.2) is 31.4 Å². The predicted molar refractivity (Wildman–Crippen MR) is 90.9 cm³/mol. The number of carbonyl (C=O) groups excluding carboxylic acids is 1. The van der Waals surface area contributed by atoms with E-state index in [1.165, 1.54) is 25.3 Å². The third kappa shape index (κ3) is 4.96. The summed E-state index contributed by atoms with van der Waals surface area (Å²) in [7, 11) is 1.41. The molecule has 2 aromatic rings. The molecule has 3 N–H and O–H groups in total. The third-order valence-corrected chi connectivity index (χ3v) is 3.67. The Bertz CT molecular complexity index is 665. The highest BCUT2D eigenvalue weighted by molar-refractivity contribution is 5.90. The van der Waals surface area contributed by atoms with Gasteiger partial charge in [-0.25, -0.2) is 9.18 Å². The first kappa shape index (κ1) is 17.7. The van der Waals surface area contributed by atoms with E-state index in [2.05, 4.69) is 10.6 Å². The lowest BCUT2D eigenvalue weighted by Crippen LogP contribution is -2.32. The average molecular weight is 332 g/mol. The molecule has 0 aliphatic carbocycles. The number of nitrogens with one attached hydrogen (secondary N) is 2. The van der Waals surface area contributed by atoms with Crippen LogP contribution in [0.3, 0.4) is 0 Å². The van der Waals surface area contributed by atoms with Crippen molar-refractivity contribution in [2.24, 2.45) is 0 Å². The van der Waals surface area contributed by atoms with Gasteiger partial charge in [0.05, 0.1) is 12.8 Å². The Morgan fingerprint density at radius 3 is 2.67 bits per heavy atom. The monoisotopic (exact) mass is 332 g/mol. The highest BCUT2D eigenvalue weighted by Gasteiger charge is 2.13. The second-order valence-corrected chi connectivity index (χ2v) is 5.30. The van der Waals surface area contributed by atoms with Gasteiger partial charge in [0.1, 0.15) is 11.6 Å². The molecule has 0 bridgehead atoms. The molecular formula is C18H21FN2O3. The molecule has 128 valence electrons. The molecule has 0 aliphatic rings. The van der Waals surface area contributed by atoms with Crippen LogP contribution in [-0.2, 0) is 0 Å². The smallest absolute Gasteiger partial charge is 0.319 e. The Balaban J connectivity index is 1.96. The lowest BCUT2D eigenvalue weighted by atomic mass is 9.96. The van der Waals surface area contributed by atoms with Gasteiger partial charge < -0.3 is 20.5 Å². The number of methoxy groups -OCH3 is 1. The molecule has 0 fully saturated rings. The van der Waals surface area contributed by atoms with Crippen molar-refractivity contribution in [3.05, 3.63) is 59.9 Å². The number of halogens is 1. The minimum Gasteiger partial charge on any atom is -0.494 e. The average Bonchev–Trinajstić information content (AvgIpc) is 2.60. The van der Waals surface area contributed by atoms with Crippen molar-refractivity contribution in [2.75, 3.05) is 25.6 Å². The Labute approximate surface area is 140 Å². The molecule has 1 unspecified atom stereocenters. The summed E-state index contributed by atoms with van der Waals surface area (Å²) in [5.41, 5.74) is 1.43. The highest BCUT2D eigenvalue weighted by atomic mass is 19.1. The molecule has 0 spiro atoms. The fourth-order valence-corrected chi connectivity index (χ4v) is 2.42. The van der Waals surface area contributed by atoms with Gasteiger partial charge in [0, 0.05) is 25.1 Å². The van der Waals surface area contributed by atoms with Gasteiger partial charge in [0.15, 0.2) is 0 Å². The summed E-state index contributed by atoms with van der Waals surface area (Å²) in [6.45, 7) is 0.411. The van der Waals surface area contributed by atoms with Crippen molar-refractivity contribution in [3.8, 4) is 5.75 Å². The number of carbonyl (C=O) groups is 1. The summed E-state index contributed by atoms with van der Waals surface area (Å²) in [5, 5.41) is 14.6. The normalized spacial score (nSPS) is 11.6. The fraction of sp³-hybridized carbons (Fsp3) is 0.278. The van der Waals surface area contributed by atoms with Crippen molar-refractivity contribution >= 4 is 11.7 Å². The quantitative estimate of drug-likeness (QED) is 0.729. The van der Waals surface area contributed by atoms with Crippen molar-refractivity contribution in [2.45, 2.75) is 12.3 Å². The van der Waals surface area contributed by atoms with E-state index in [0.717, 1.165) is 5.56 Å². The molecule has 2 rings (SSSR count). The van der Waals surface area contributed by atoms with E-state index in [-0.39, 0.29) is 18.3 Å². The topological polar surface area (TPSA) is 70.6 Å². The maximum Gasteiger partial charge on any atom is 0.319 e. The molecule has 5 nitrogen and oxygen atoms in total. The minimum absolute atomic E-state index is 0.0112. The number of aliphatic hydroxyl groups excluding tert-OH is 1. The van der Waals surface area contributed by atoms with Crippen molar-refractivity contribution in [1.29, 1.82) is 0 Å². The van der Waals surface area contributed by atoms with Crippen LogP contribution < -0.4 is 15.4 Å². The Kier molecular flexibility index (Phi) is 6.57. The first-order chi connectivity index (χ1) is 11.6. The van der Waals surface area contributed by atoms with E-state index in [1.54, 1.807) is 0 Å². The summed E-state index contributed by atoms with van der Waals surface area (Å²) < 4.78 is 18.2. The second-order valence-electron chi connectivity index (χ2n) is 5.30.